The Hall–Kier alpha value is -1.40. The summed E-state index contributed by atoms with van der Waals surface area (Å²) in [6, 6.07) is 3.81. The van der Waals surface area contributed by atoms with Crippen molar-refractivity contribution in [1.82, 2.24) is 15.1 Å². The Bertz CT molecular complexity index is 551. The predicted molar refractivity (Wildman–Crippen MR) is 107 cm³/mol. The van der Waals surface area contributed by atoms with Crippen molar-refractivity contribution in [3.63, 3.8) is 0 Å². The second kappa shape index (κ2) is 10.7. The lowest BCUT2D eigenvalue weighted by Gasteiger charge is -2.35. The summed E-state index contributed by atoms with van der Waals surface area (Å²) >= 11 is 1.76. The monoisotopic (exact) mass is 379 g/mol. The van der Waals surface area contributed by atoms with Crippen LogP contribution in [-0.2, 0) is 16.0 Å². The number of amides is 2. The van der Waals surface area contributed by atoms with Crippen LogP contribution < -0.4 is 5.32 Å². The molecule has 1 atom stereocenters. The normalized spacial score (nSPS) is 16.7. The van der Waals surface area contributed by atoms with Gasteiger partial charge in [-0.1, -0.05) is 19.9 Å². The second-order valence-electron chi connectivity index (χ2n) is 7.66. The molecule has 1 aromatic rings. The minimum atomic E-state index is -0.386. The van der Waals surface area contributed by atoms with E-state index >= 15 is 0 Å². The van der Waals surface area contributed by atoms with Crippen molar-refractivity contribution in [2.24, 2.45) is 5.92 Å². The Morgan fingerprint density at radius 2 is 1.92 bits per heavy atom. The summed E-state index contributed by atoms with van der Waals surface area (Å²) in [6.07, 6.45) is 4.10. The van der Waals surface area contributed by atoms with Crippen LogP contribution in [0, 0.1) is 5.92 Å². The van der Waals surface area contributed by atoms with Crippen LogP contribution in [0.1, 0.15) is 44.4 Å². The molecule has 5 nitrogen and oxygen atoms in total. The molecule has 6 heteroatoms. The molecule has 0 aromatic carbocycles. The van der Waals surface area contributed by atoms with Crippen LogP contribution in [-0.4, -0.2) is 60.9 Å². The van der Waals surface area contributed by atoms with E-state index in [9.17, 15) is 9.59 Å². The largest absolute Gasteiger partial charge is 0.344 e. The third-order valence-electron chi connectivity index (χ3n) is 4.81. The lowest BCUT2D eigenvalue weighted by atomic mass is 10.0. The smallest absolute Gasteiger partial charge is 0.245 e. The summed E-state index contributed by atoms with van der Waals surface area (Å²) in [7, 11) is 2.07. The van der Waals surface area contributed by atoms with E-state index in [1.54, 1.807) is 11.3 Å². The summed E-state index contributed by atoms with van der Waals surface area (Å²) in [5.74, 6) is 0.457. The molecule has 0 aliphatic carbocycles. The maximum absolute atomic E-state index is 12.9. The predicted octanol–water partition coefficient (Wildman–Crippen LogP) is 2.77. The van der Waals surface area contributed by atoms with Crippen LogP contribution in [0.15, 0.2) is 17.5 Å². The number of piperazine rings is 1. The van der Waals surface area contributed by atoms with Crippen molar-refractivity contribution in [3.05, 3.63) is 22.4 Å². The van der Waals surface area contributed by atoms with Gasteiger partial charge in [-0.25, -0.2) is 0 Å². The van der Waals surface area contributed by atoms with Gasteiger partial charge < -0.3 is 15.1 Å². The first kappa shape index (κ1) is 20.9. The van der Waals surface area contributed by atoms with Crippen LogP contribution in [0.2, 0.25) is 0 Å². The fourth-order valence-corrected chi connectivity index (χ4v) is 4.00. The van der Waals surface area contributed by atoms with Gasteiger partial charge >= 0.3 is 0 Å². The summed E-state index contributed by atoms with van der Waals surface area (Å²) in [4.78, 5) is 30.7. The molecular weight excluding hydrogens is 346 g/mol. The quantitative estimate of drug-likeness (QED) is 0.671. The molecule has 26 heavy (non-hydrogen) atoms. The number of nitrogens with zero attached hydrogens (tertiary/aromatic N) is 2. The molecule has 1 N–H and O–H groups in total. The van der Waals surface area contributed by atoms with Gasteiger partial charge in [0, 0.05) is 37.5 Å². The number of carbonyl (C=O) groups is 2. The van der Waals surface area contributed by atoms with Gasteiger partial charge in [0.25, 0.3) is 0 Å². The molecule has 0 saturated carbocycles. The number of aryl methyl sites for hydroxylation is 1. The van der Waals surface area contributed by atoms with E-state index in [0.717, 1.165) is 45.4 Å². The van der Waals surface area contributed by atoms with Gasteiger partial charge in [0.15, 0.2) is 0 Å². The third-order valence-corrected chi connectivity index (χ3v) is 5.75. The number of unbranched alkanes of at least 4 members (excludes halogenated alkanes) is 1. The first-order valence-electron chi connectivity index (χ1n) is 9.74. The summed E-state index contributed by atoms with van der Waals surface area (Å²) in [5, 5.41) is 5.09. The van der Waals surface area contributed by atoms with Crippen LogP contribution in [0.4, 0.5) is 0 Å². The van der Waals surface area contributed by atoms with Gasteiger partial charge in [-0.3, -0.25) is 9.59 Å². The first-order valence-corrected chi connectivity index (χ1v) is 10.6. The van der Waals surface area contributed by atoms with Crippen molar-refractivity contribution in [1.29, 1.82) is 0 Å². The number of nitrogens with one attached hydrogen (secondary N) is 1. The summed E-state index contributed by atoms with van der Waals surface area (Å²) in [6.45, 7) is 7.49. The molecular formula is C20H33N3O2S. The highest BCUT2D eigenvalue weighted by molar-refractivity contribution is 7.09. The molecule has 0 unspecified atom stereocenters. The van der Waals surface area contributed by atoms with E-state index in [1.807, 2.05) is 4.90 Å². The zero-order valence-electron chi connectivity index (χ0n) is 16.4. The molecule has 1 aromatic heterocycles. The van der Waals surface area contributed by atoms with E-state index in [2.05, 4.69) is 48.6 Å². The van der Waals surface area contributed by atoms with Crippen molar-refractivity contribution >= 4 is 23.2 Å². The standard InChI is InChI=1S/C20H33N3O2S/c1-16(2)15-18(20(25)23-12-10-22(3)11-13-23)21-19(24)9-5-4-7-17-8-6-14-26-17/h6,8,14,16,18H,4-5,7,9-13,15H2,1-3H3,(H,21,24)/t18-/m0/s1. The van der Waals surface area contributed by atoms with Crippen LogP contribution in [0.3, 0.4) is 0 Å². The summed E-state index contributed by atoms with van der Waals surface area (Å²) < 4.78 is 0. The number of rotatable bonds is 9. The van der Waals surface area contributed by atoms with Gasteiger partial charge in [-0.2, -0.15) is 0 Å². The highest BCUT2D eigenvalue weighted by Crippen LogP contribution is 2.14. The van der Waals surface area contributed by atoms with Crippen LogP contribution >= 0.6 is 11.3 Å². The molecule has 0 spiro atoms. The zero-order chi connectivity index (χ0) is 18.9. The van der Waals surface area contributed by atoms with Crippen LogP contribution in [0.25, 0.3) is 0 Å². The lowest BCUT2D eigenvalue weighted by molar-refractivity contribution is -0.138. The van der Waals surface area contributed by atoms with Crippen molar-refractivity contribution in [2.75, 3.05) is 33.2 Å². The Kier molecular flexibility index (Phi) is 8.59. The lowest BCUT2D eigenvalue weighted by Crippen LogP contribution is -2.54. The highest BCUT2D eigenvalue weighted by Gasteiger charge is 2.28. The van der Waals surface area contributed by atoms with E-state index in [0.29, 0.717) is 18.8 Å². The highest BCUT2D eigenvalue weighted by atomic mass is 32.1. The molecule has 0 bridgehead atoms. The molecule has 0 radical (unpaired) electrons. The fraction of sp³-hybridized carbons (Fsp3) is 0.700. The molecule has 2 rings (SSSR count). The molecule has 2 amide bonds. The van der Waals surface area contributed by atoms with E-state index < -0.39 is 0 Å². The first-order chi connectivity index (χ1) is 12.5. The third kappa shape index (κ3) is 7.08. The number of hydrogen-bond donors (Lipinski definition) is 1. The molecule has 1 aliphatic heterocycles. The molecule has 1 fully saturated rings. The minimum absolute atomic E-state index is 0.00399. The summed E-state index contributed by atoms with van der Waals surface area (Å²) in [5.41, 5.74) is 0. The average Bonchev–Trinajstić information content (AvgIpc) is 3.11. The van der Waals surface area contributed by atoms with Gasteiger partial charge in [0.2, 0.25) is 11.8 Å². The molecule has 146 valence electrons. The minimum Gasteiger partial charge on any atom is -0.344 e. The zero-order valence-corrected chi connectivity index (χ0v) is 17.2. The van der Waals surface area contributed by atoms with Crippen molar-refractivity contribution in [2.45, 2.75) is 52.0 Å². The second-order valence-corrected chi connectivity index (χ2v) is 8.70. The maximum Gasteiger partial charge on any atom is 0.245 e. The Labute approximate surface area is 161 Å². The number of carbonyl (C=O) groups excluding carboxylic acids is 2. The van der Waals surface area contributed by atoms with Crippen LogP contribution in [0.5, 0.6) is 0 Å². The van der Waals surface area contributed by atoms with Crippen molar-refractivity contribution < 1.29 is 9.59 Å². The molecule has 1 saturated heterocycles. The van der Waals surface area contributed by atoms with E-state index in [-0.39, 0.29) is 17.9 Å². The Morgan fingerprint density at radius 3 is 2.54 bits per heavy atom. The van der Waals surface area contributed by atoms with Gasteiger partial charge in [-0.05, 0) is 50.1 Å². The van der Waals surface area contributed by atoms with Gasteiger partial charge in [-0.15, -0.1) is 11.3 Å². The number of thiophene rings is 1. The van der Waals surface area contributed by atoms with E-state index in [1.165, 1.54) is 4.88 Å². The average molecular weight is 380 g/mol. The fourth-order valence-electron chi connectivity index (χ4n) is 3.25. The molecule has 2 heterocycles. The van der Waals surface area contributed by atoms with Crippen molar-refractivity contribution in [3.8, 4) is 0 Å². The number of likely N-dealkylation sites (N-methyl/N-ethyl adjacent to an activating group) is 1. The van der Waals surface area contributed by atoms with E-state index in [4.69, 9.17) is 0 Å². The molecule has 1 aliphatic rings. The Balaban J connectivity index is 1.78. The maximum atomic E-state index is 12.9. The SMILES string of the molecule is CC(C)C[C@H](NC(=O)CCCCc1cccs1)C(=O)N1CCN(C)CC1. The Morgan fingerprint density at radius 1 is 1.19 bits per heavy atom. The van der Waals surface area contributed by atoms with Gasteiger partial charge in [0.1, 0.15) is 6.04 Å². The topological polar surface area (TPSA) is 52.7 Å². The number of hydrogen-bond acceptors (Lipinski definition) is 4. The van der Waals surface area contributed by atoms with Gasteiger partial charge in [0.05, 0.1) is 0 Å².